The standard InChI is InChI=1S/C17H16O10/c1-4-12(19)24-26-16(22)11-8-6-7-10(15(21)9(3)18)14(11)17(23)27-25-13(20)5-2/h4-9,15,18,21H,1-2H2,3H3. The molecule has 2 atom stereocenters. The van der Waals surface area contributed by atoms with Crippen LogP contribution in [-0.4, -0.2) is 40.2 Å². The highest BCUT2D eigenvalue weighted by molar-refractivity contribution is 6.04. The van der Waals surface area contributed by atoms with Crippen molar-refractivity contribution in [3.8, 4) is 0 Å². The third-order valence-corrected chi connectivity index (χ3v) is 3.03. The summed E-state index contributed by atoms with van der Waals surface area (Å²) >= 11 is 0. The van der Waals surface area contributed by atoms with Crippen LogP contribution in [0.2, 0.25) is 0 Å². The smallest absolute Gasteiger partial charge is 0.387 e. The molecule has 0 aromatic heterocycles. The summed E-state index contributed by atoms with van der Waals surface area (Å²) < 4.78 is 0. The van der Waals surface area contributed by atoms with Crippen molar-refractivity contribution in [3.63, 3.8) is 0 Å². The summed E-state index contributed by atoms with van der Waals surface area (Å²) in [6.45, 7) is 7.44. The summed E-state index contributed by atoms with van der Waals surface area (Å²) in [5, 5.41) is 19.7. The van der Waals surface area contributed by atoms with Gasteiger partial charge in [-0.2, -0.15) is 0 Å². The fourth-order valence-electron chi connectivity index (χ4n) is 1.79. The normalized spacial score (nSPS) is 12.1. The van der Waals surface area contributed by atoms with E-state index in [1.165, 1.54) is 19.1 Å². The van der Waals surface area contributed by atoms with E-state index >= 15 is 0 Å². The molecule has 1 aromatic rings. The Kier molecular flexibility index (Phi) is 7.86. The van der Waals surface area contributed by atoms with Crippen LogP contribution < -0.4 is 0 Å². The molecule has 0 saturated heterocycles. The first-order chi connectivity index (χ1) is 12.7. The number of benzene rings is 1. The van der Waals surface area contributed by atoms with Gasteiger partial charge in [0.25, 0.3) is 0 Å². The molecule has 0 bridgehead atoms. The minimum Gasteiger partial charge on any atom is -0.390 e. The molecule has 0 amide bonds. The lowest BCUT2D eigenvalue weighted by Gasteiger charge is -2.18. The molecule has 0 aliphatic rings. The van der Waals surface area contributed by atoms with Gasteiger partial charge in [0.1, 0.15) is 6.10 Å². The molecular formula is C17H16O10. The van der Waals surface area contributed by atoms with Crippen LogP contribution in [0.3, 0.4) is 0 Å². The maximum atomic E-state index is 12.3. The van der Waals surface area contributed by atoms with Gasteiger partial charge in [-0.1, -0.05) is 25.3 Å². The molecular weight excluding hydrogens is 364 g/mol. The van der Waals surface area contributed by atoms with Gasteiger partial charge in [-0.15, -0.1) is 0 Å². The Morgan fingerprint density at radius 3 is 1.93 bits per heavy atom. The van der Waals surface area contributed by atoms with Gasteiger partial charge in [0.05, 0.1) is 17.2 Å². The lowest BCUT2D eigenvalue weighted by atomic mass is 9.95. The maximum Gasteiger partial charge on any atom is 0.387 e. The highest BCUT2D eigenvalue weighted by Gasteiger charge is 2.30. The van der Waals surface area contributed by atoms with Crippen molar-refractivity contribution >= 4 is 23.9 Å². The van der Waals surface area contributed by atoms with Gasteiger partial charge in [-0.3, -0.25) is 0 Å². The van der Waals surface area contributed by atoms with E-state index in [-0.39, 0.29) is 5.56 Å². The summed E-state index contributed by atoms with van der Waals surface area (Å²) in [4.78, 5) is 63.3. The number of hydrogen-bond donors (Lipinski definition) is 2. The number of carbonyl (C=O) groups excluding carboxylic acids is 4. The first-order valence-corrected chi connectivity index (χ1v) is 7.32. The van der Waals surface area contributed by atoms with Crippen LogP contribution in [0.5, 0.6) is 0 Å². The first kappa shape index (κ1) is 21.5. The van der Waals surface area contributed by atoms with Gasteiger partial charge in [-0.25, -0.2) is 38.7 Å². The molecule has 0 aliphatic heterocycles. The van der Waals surface area contributed by atoms with E-state index in [2.05, 4.69) is 32.7 Å². The Bertz CT molecular complexity index is 765. The number of aliphatic hydroxyl groups excluding tert-OH is 2. The molecule has 0 saturated carbocycles. The Labute approximate surface area is 153 Å². The molecule has 10 heteroatoms. The van der Waals surface area contributed by atoms with Crippen molar-refractivity contribution in [2.24, 2.45) is 0 Å². The average Bonchev–Trinajstić information content (AvgIpc) is 2.67. The van der Waals surface area contributed by atoms with Gasteiger partial charge >= 0.3 is 23.9 Å². The van der Waals surface area contributed by atoms with E-state index in [1.54, 1.807) is 0 Å². The molecule has 0 spiro atoms. The largest absolute Gasteiger partial charge is 0.390 e. The topological polar surface area (TPSA) is 146 Å². The monoisotopic (exact) mass is 380 g/mol. The Balaban J connectivity index is 3.30. The van der Waals surface area contributed by atoms with Crippen LogP contribution in [0, 0.1) is 0 Å². The summed E-state index contributed by atoms with van der Waals surface area (Å²) in [6, 6.07) is 3.57. The van der Waals surface area contributed by atoms with Crippen LogP contribution in [0.4, 0.5) is 0 Å². The summed E-state index contributed by atoms with van der Waals surface area (Å²) in [6.07, 6.45) is -1.50. The molecule has 0 radical (unpaired) electrons. The fraction of sp³-hybridized carbons (Fsp3) is 0.176. The predicted molar refractivity (Wildman–Crippen MR) is 86.5 cm³/mol. The zero-order valence-electron chi connectivity index (χ0n) is 14.1. The van der Waals surface area contributed by atoms with Gasteiger partial charge < -0.3 is 10.2 Å². The molecule has 27 heavy (non-hydrogen) atoms. The fourth-order valence-corrected chi connectivity index (χ4v) is 1.79. The average molecular weight is 380 g/mol. The molecule has 0 fully saturated rings. The third-order valence-electron chi connectivity index (χ3n) is 3.03. The molecule has 1 rings (SSSR count). The molecule has 144 valence electrons. The van der Waals surface area contributed by atoms with Crippen molar-refractivity contribution in [3.05, 3.63) is 60.2 Å². The second-order valence-electron chi connectivity index (χ2n) is 4.91. The van der Waals surface area contributed by atoms with E-state index in [1.807, 2.05) is 0 Å². The molecule has 0 aliphatic carbocycles. The van der Waals surface area contributed by atoms with E-state index in [9.17, 15) is 29.4 Å². The number of hydrogen-bond acceptors (Lipinski definition) is 10. The Morgan fingerprint density at radius 2 is 1.44 bits per heavy atom. The van der Waals surface area contributed by atoms with E-state index in [4.69, 9.17) is 0 Å². The van der Waals surface area contributed by atoms with Gasteiger partial charge in [-0.05, 0) is 18.6 Å². The van der Waals surface area contributed by atoms with Gasteiger partial charge in [0.2, 0.25) is 0 Å². The van der Waals surface area contributed by atoms with Crippen molar-refractivity contribution in [2.75, 3.05) is 0 Å². The van der Waals surface area contributed by atoms with Crippen LogP contribution in [-0.2, 0) is 29.1 Å². The Morgan fingerprint density at radius 1 is 0.926 bits per heavy atom. The van der Waals surface area contributed by atoms with Crippen molar-refractivity contribution in [1.29, 1.82) is 0 Å². The second-order valence-corrected chi connectivity index (χ2v) is 4.91. The molecule has 2 unspecified atom stereocenters. The zero-order chi connectivity index (χ0) is 20.6. The summed E-state index contributed by atoms with van der Waals surface area (Å²) in [5.41, 5.74) is -1.31. The lowest BCUT2D eigenvalue weighted by molar-refractivity contribution is -0.229. The van der Waals surface area contributed by atoms with E-state index in [0.717, 1.165) is 12.1 Å². The minimum absolute atomic E-state index is 0.228. The molecule has 0 heterocycles. The number of carbonyl (C=O) groups is 4. The van der Waals surface area contributed by atoms with E-state index in [0.29, 0.717) is 6.08 Å². The number of rotatable bonds is 6. The van der Waals surface area contributed by atoms with Crippen molar-refractivity contribution < 1.29 is 48.9 Å². The maximum absolute atomic E-state index is 12.3. The predicted octanol–water partition coefficient (Wildman–Crippen LogP) is 0.703. The summed E-state index contributed by atoms with van der Waals surface area (Å²) in [5.74, 6) is -4.83. The quantitative estimate of drug-likeness (QED) is 0.411. The lowest BCUT2D eigenvalue weighted by Crippen LogP contribution is -2.23. The van der Waals surface area contributed by atoms with Gasteiger partial charge in [0.15, 0.2) is 0 Å². The van der Waals surface area contributed by atoms with Crippen LogP contribution in [0.25, 0.3) is 0 Å². The highest BCUT2D eigenvalue weighted by Crippen LogP contribution is 2.26. The second kappa shape index (κ2) is 9.85. The van der Waals surface area contributed by atoms with Crippen LogP contribution >= 0.6 is 0 Å². The zero-order valence-corrected chi connectivity index (χ0v) is 14.1. The summed E-state index contributed by atoms with van der Waals surface area (Å²) in [7, 11) is 0. The molecule has 10 nitrogen and oxygen atoms in total. The molecule has 1 aromatic carbocycles. The third kappa shape index (κ3) is 5.76. The van der Waals surface area contributed by atoms with Gasteiger partial charge in [0, 0.05) is 12.2 Å². The Hall–Kier alpha value is -3.50. The highest BCUT2D eigenvalue weighted by atomic mass is 17.2. The molecule has 2 N–H and O–H groups in total. The first-order valence-electron chi connectivity index (χ1n) is 7.32. The minimum atomic E-state index is -1.61. The van der Waals surface area contributed by atoms with E-state index < -0.39 is 47.2 Å². The van der Waals surface area contributed by atoms with Crippen LogP contribution in [0.1, 0.15) is 39.3 Å². The van der Waals surface area contributed by atoms with Crippen molar-refractivity contribution in [2.45, 2.75) is 19.1 Å². The van der Waals surface area contributed by atoms with Crippen molar-refractivity contribution in [1.82, 2.24) is 0 Å². The number of aliphatic hydroxyl groups is 2. The van der Waals surface area contributed by atoms with Crippen LogP contribution in [0.15, 0.2) is 43.5 Å². The SMILES string of the molecule is C=CC(=O)OOC(=O)c1cccc(C(O)C(C)O)c1C(=O)OOC(=O)C=C.